The number of amides is 1. The molecular weight excluding hydrogens is 386 g/mol. The number of hydrogen-bond donors (Lipinski definition) is 3. The van der Waals surface area contributed by atoms with Crippen molar-refractivity contribution in [3.63, 3.8) is 0 Å². The third kappa shape index (κ3) is 4.47. The molecule has 1 amide bonds. The number of sulfonamides is 1. The van der Waals surface area contributed by atoms with Crippen LogP contribution in [0.4, 0.5) is 0 Å². The van der Waals surface area contributed by atoms with Crippen molar-refractivity contribution >= 4 is 22.1 Å². The largest absolute Gasteiger partial charge is 0.504 e. The van der Waals surface area contributed by atoms with Gasteiger partial charge in [0.15, 0.2) is 11.5 Å². The molecule has 1 saturated heterocycles. The summed E-state index contributed by atoms with van der Waals surface area (Å²) in [6, 6.07) is 9.77. The van der Waals surface area contributed by atoms with Gasteiger partial charge in [0, 0.05) is 18.7 Å². The molecule has 3 rings (SSSR count). The predicted molar refractivity (Wildman–Crippen MR) is 101 cm³/mol. The maximum absolute atomic E-state index is 12.7. The lowest BCUT2D eigenvalue weighted by Crippen LogP contribution is -2.40. The normalized spacial score (nSPS) is 15.6. The average Bonchev–Trinajstić information content (AvgIpc) is 2.71. The number of nitrogens with one attached hydrogen (secondary N) is 1. The number of carbonyl (C=O) groups excluding carboxylic acids is 1. The Morgan fingerprint density at radius 1 is 1.11 bits per heavy atom. The summed E-state index contributed by atoms with van der Waals surface area (Å²) in [5.74, 6) is -1.16. The molecule has 148 valence electrons. The summed E-state index contributed by atoms with van der Waals surface area (Å²) in [5, 5.41) is 22.5. The lowest BCUT2D eigenvalue weighted by Gasteiger charge is -2.26. The number of phenols is 2. The topological polar surface area (TPSA) is 129 Å². The molecule has 0 aromatic heterocycles. The van der Waals surface area contributed by atoms with E-state index in [1.807, 2.05) is 0 Å². The first kappa shape index (κ1) is 19.8. The SMILES string of the molecule is O=C(NN=Cc1ccc(O)c(O)c1)c1cccc(S(=O)(=O)N2CCOCC2)c1. The van der Waals surface area contributed by atoms with Crippen LogP contribution in [0.1, 0.15) is 15.9 Å². The molecule has 10 heteroatoms. The molecule has 0 spiro atoms. The molecule has 2 aromatic rings. The van der Waals surface area contributed by atoms with Crippen molar-refractivity contribution in [2.75, 3.05) is 26.3 Å². The fourth-order valence-corrected chi connectivity index (χ4v) is 4.04. The highest BCUT2D eigenvalue weighted by molar-refractivity contribution is 7.89. The molecule has 1 fully saturated rings. The van der Waals surface area contributed by atoms with Crippen LogP contribution >= 0.6 is 0 Å². The van der Waals surface area contributed by atoms with Crippen LogP contribution in [0.3, 0.4) is 0 Å². The van der Waals surface area contributed by atoms with E-state index in [4.69, 9.17) is 4.74 Å². The molecular formula is C18H19N3O6S. The molecule has 0 saturated carbocycles. The lowest BCUT2D eigenvalue weighted by molar-refractivity contribution is 0.0730. The number of benzene rings is 2. The van der Waals surface area contributed by atoms with Crippen molar-refractivity contribution in [3.05, 3.63) is 53.6 Å². The Bertz CT molecular complexity index is 1000. The average molecular weight is 405 g/mol. The summed E-state index contributed by atoms with van der Waals surface area (Å²) in [6.07, 6.45) is 1.28. The summed E-state index contributed by atoms with van der Waals surface area (Å²) in [4.78, 5) is 12.3. The summed E-state index contributed by atoms with van der Waals surface area (Å²) < 4.78 is 31.9. The quantitative estimate of drug-likeness (QED) is 0.385. The fraction of sp³-hybridized carbons (Fsp3) is 0.222. The van der Waals surface area contributed by atoms with Crippen LogP contribution in [-0.2, 0) is 14.8 Å². The number of carbonyl (C=O) groups is 1. The Morgan fingerprint density at radius 3 is 2.57 bits per heavy atom. The van der Waals surface area contributed by atoms with Gasteiger partial charge in [-0.05, 0) is 42.0 Å². The van der Waals surface area contributed by atoms with E-state index < -0.39 is 15.9 Å². The molecule has 1 aliphatic rings. The third-order valence-corrected chi connectivity index (χ3v) is 5.98. The van der Waals surface area contributed by atoms with E-state index in [0.717, 1.165) is 0 Å². The molecule has 28 heavy (non-hydrogen) atoms. The number of phenolic OH excluding ortho intramolecular Hbond substituents is 2. The van der Waals surface area contributed by atoms with Crippen molar-refractivity contribution in [2.45, 2.75) is 4.90 Å². The van der Waals surface area contributed by atoms with Gasteiger partial charge in [-0.2, -0.15) is 9.41 Å². The van der Waals surface area contributed by atoms with E-state index in [-0.39, 0.29) is 35.0 Å². The highest BCUT2D eigenvalue weighted by atomic mass is 32.2. The molecule has 1 heterocycles. The zero-order valence-electron chi connectivity index (χ0n) is 14.8. The van der Waals surface area contributed by atoms with Crippen molar-refractivity contribution in [2.24, 2.45) is 5.10 Å². The van der Waals surface area contributed by atoms with E-state index in [0.29, 0.717) is 18.8 Å². The molecule has 0 aliphatic carbocycles. The smallest absolute Gasteiger partial charge is 0.271 e. The van der Waals surface area contributed by atoms with Crippen molar-refractivity contribution in [3.8, 4) is 11.5 Å². The van der Waals surface area contributed by atoms with Crippen molar-refractivity contribution < 1.29 is 28.2 Å². The van der Waals surface area contributed by atoms with E-state index in [1.54, 1.807) is 0 Å². The van der Waals surface area contributed by atoms with Gasteiger partial charge in [-0.25, -0.2) is 13.8 Å². The summed E-state index contributed by atoms with van der Waals surface area (Å²) in [6.45, 7) is 1.20. The second-order valence-corrected chi connectivity index (χ2v) is 7.93. The van der Waals surface area contributed by atoms with Gasteiger partial charge in [-0.1, -0.05) is 6.07 Å². The highest BCUT2D eigenvalue weighted by Gasteiger charge is 2.26. The van der Waals surface area contributed by atoms with E-state index in [1.165, 1.54) is 53.0 Å². The zero-order chi connectivity index (χ0) is 20.1. The Balaban J connectivity index is 1.71. The molecule has 1 aliphatic heterocycles. The summed E-state index contributed by atoms with van der Waals surface area (Å²) in [7, 11) is -3.71. The minimum atomic E-state index is -3.71. The Labute approximate surface area is 161 Å². The minimum absolute atomic E-state index is 0.0227. The molecule has 0 bridgehead atoms. The first-order valence-electron chi connectivity index (χ1n) is 8.41. The van der Waals surface area contributed by atoms with Crippen LogP contribution in [0, 0.1) is 0 Å². The van der Waals surface area contributed by atoms with Crippen LogP contribution in [0.25, 0.3) is 0 Å². The van der Waals surface area contributed by atoms with Gasteiger partial charge in [-0.3, -0.25) is 4.79 Å². The Hall–Kier alpha value is -2.95. The first-order valence-corrected chi connectivity index (χ1v) is 9.85. The summed E-state index contributed by atoms with van der Waals surface area (Å²) in [5.41, 5.74) is 2.89. The van der Waals surface area contributed by atoms with Gasteiger partial charge in [0.05, 0.1) is 24.3 Å². The number of rotatable bonds is 5. The lowest BCUT2D eigenvalue weighted by atomic mass is 10.2. The molecule has 3 N–H and O–H groups in total. The number of aromatic hydroxyl groups is 2. The van der Waals surface area contributed by atoms with Crippen LogP contribution in [0.15, 0.2) is 52.5 Å². The van der Waals surface area contributed by atoms with Gasteiger partial charge >= 0.3 is 0 Å². The van der Waals surface area contributed by atoms with Gasteiger partial charge in [0.1, 0.15) is 0 Å². The standard InChI is InChI=1S/C18H19N3O6S/c22-16-5-4-13(10-17(16)23)12-19-20-18(24)14-2-1-3-15(11-14)28(25,26)21-6-8-27-9-7-21/h1-5,10-12,22-23H,6-9H2,(H,20,24). The second kappa shape index (κ2) is 8.38. The molecule has 0 radical (unpaired) electrons. The van der Waals surface area contributed by atoms with E-state index >= 15 is 0 Å². The first-order chi connectivity index (χ1) is 13.4. The fourth-order valence-electron chi connectivity index (χ4n) is 2.58. The van der Waals surface area contributed by atoms with Crippen LogP contribution in [0.5, 0.6) is 11.5 Å². The zero-order valence-corrected chi connectivity index (χ0v) is 15.6. The van der Waals surface area contributed by atoms with E-state index in [9.17, 15) is 23.4 Å². The summed E-state index contributed by atoms with van der Waals surface area (Å²) >= 11 is 0. The van der Waals surface area contributed by atoms with Gasteiger partial charge in [0.2, 0.25) is 10.0 Å². The second-order valence-electron chi connectivity index (χ2n) is 5.99. The maximum atomic E-state index is 12.7. The number of ether oxygens (including phenoxy) is 1. The highest BCUT2D eigenvalue weighted by Crippen LogP contribution is 2.24. The molecule has 0 atom stereocenters. The molecule has 2 aromatic carbocycles. The van der Waals surface area contributed by atoms with Crippen LogP contribution < -0.4 is 5.43 Å². The minimum Gasteiger partial charge on any atom is -0.504 e. The number of nitrogens with zero attached hydrogens (tertiary/aromatic N) is 2. The number of hydrogen-bond acceptors (Lipinski definition) is 7. The molecule has 0 unspecified atom stereocenters. The molecule has 9 nitrogen and oxygen atoms in total. The van der Waals surface area contributed by atoms with E-state index in [2.05, 4.69) is 10.5 Å². The van der Waals surface area contributed by atoms with Crippen LogP contribution in [-0.4, -0.2) is 61.4 Å². The van der Waals surface area contributed by atoms with Gasteiger partial charge < -0.3 is 14.9 Å². The monoisotopic (exact) mass is 405 g/mol. The van der Waals surface area contributed by atoms with Crippen molar-refractivity contribution in [1.82, 2.24) is 9.73 Å². The van der Waals surface area contributed by atoms with Crippen LogP contribution in [0.2, 0.25) is 0 Å². The Kier molecular flexibility index (Phi) is 5.93. The predicted octanol–water partition coefficient (Wildman–Crippen LogP) is 0.883. The number of morpholine rings is 1. The number of hydrazone groups is 1. The van der Waals surface area contributed by atoms with Crippen molar-refractivity contribution in [1.29, 1.82) is 0 Å². The van der Waals surface area contributed by atoms with Gasteiger partial charge in [-0.15, -0.1) is 0 Å². The Morgan fingerprint density at radius 2 is 1.86 bits per heavy atom. The van der Waals surface area contributed by atoms with Gasteiger partial charge in [0.25, 0.3) is 5.91 Å². The maximum Gasteiger partial charge on any atom is 0.271 e. The third-order valence-electron chi connectivity index (χ3n) is 4.08.